The van der Waals surface area contributed by atoms with Crippen molar-refractivity contribution in [3.05, 3.63) is 50.9 Å². The van der Waals surface area contributed by atoms with Gasteiger partial charge in [0.1, 0.15) is 9.77 Å². The van der Waals surface area contributed by atoms with Crippen LogP contribution in [0.4, 0.5) is 5.95 Å². The largest absolute Gasteiger partial charge is 0.281 e. The first-order chi connectivity index (χ1) is 14.9. The van der Waals surface area contributed by atoms with E-state index in [1.807, 2.05) is 0 Å². The number of hydrogen-bond donors (Lipinski definition) is 2. The Morgan fingerprint density at radius 1 is 1.19 bits per heavy atom. The van der Waals surface area contributed by atoms with Crippen molar-refractivity contribution >= 4 is 55.9 Å². The van der Waals surface area contributed by atoms with Crippen molar-refractivity contribution in [2.24, 2.45) is 0 Å². The summed E-state index contributed by atoms with van der Waals surface area (Å²) in [7, 11) is -3.75. The van der Waals surface area contributed by atoms with Crippen LogP contribution in [0.25, 0.3) is 10.9 Å². The number of aromatic nitrogens is 2. The third kappa shape index (κ3) is 4.20. The molecule has 3 heterocycles. The molecule has 0 saturated carbocycles. The molecule has 1 saturated heterocycles. The zero-order chi connectivity index (χ0) is 22.0. The number of para-hydroxylation sites is 1. The van der Waals surface area contributed by atoms with Crippen molar-refractivity contribution in [3.63, 3.8) is 0 Å². The van der Waals surface area contributed by atoms with Crippen molar-refractivity contribution in [2.75, 3.05) is 30.0 Å². The summed E-state index contributed by atoms with van der Waals surface area (Å²) in [5, 5.41) is 2.06. The maximum Gasteiger partial charge on any atom is 0.281 e. The molecule has 12 heteroatoms. The van der Waals surface area contributed by atoms with Crippen LogP contribution in [0.3, 0.4) is 0 Å². The molecule has 9 nitrogen and oxygen atoms in total. The van der Waals surface area contributed by atoms with Gasteiger partial charge in [0.25, 0.3) is 11.5 Å². The number of amides is 1. The van der Waals surface area contributed by atoms with Crippen LogP contribution in [0.15, 0.2) is 45.4 Å². The summed E-state index contributed by atoms with van der Waals surface area (Å²) in [6, 6.07) is 8.40. The third-order valence-electron chi connectivity index (χ3n) is 4.89. The zero-order valence-electron chi connectivity index (χ0n) is 16.7. The number of nitrogens with zero attached hydrogens (tertiary/aromatic N) is 3. The highest BCUT2D eigenvalue weighted by atomic mass is 32.2. The highest BCUT2D eigenvalue weighted by molar-refractivity contribution is 7.99. The highest BCUT2D eigenvalue weighted by Gasteiger charge is 2.31. The van der Waals surface area contributed by atoms with Gasteiger partial charge in [-0.05, 0) is 30.5 Å². The monoisotopic (exact) mass is 479 g/mol. The Hall–Kier alpha value is -2.41. The molecule has 1 fully saturated rings. The lowest BCUT2D eigenvalue weighted by atomic mass is 10.2. The number of nitrogens with one attached hydrogen (secondary N) is 2. The number of thiophene rings is 1. The minimum absolute atomic E-state index is 0.0111. The number of carbonyl (C=O) groups excluding carboxylic acids is 1. The maximum absolute atomic E-state index is 13.0. The molecular weight excluding hydrogens is 458 g/mol. The highest BCUT2D eigenvalue weighted by Crippen LogP contribution is 2.27. The van der Waals surface area contributed by atoms with Gasteiger partial charge in [-0.15, -0.1) is 11.3 Å². The molecule has 2 aromatic heterocycles. The lowest BCUT2D eigenvalue weighted by Gasteiger charge is -2.25. The molecular formula is C19H21N5O4S3. The summed E-state index contributed by atoms with van der Waals surface area (Å²) in [6.07, 6.45) is 0. The van der Waals surface area contributed by atoms with Crippen LogP contribution in [-0.4, -0.2) is 52.8 Å². The average molecular weight is 480 g/mol. The Balaban J connectivity index is 1.58. The van der Waals surface area contributed by atoms with Crippen LogP contribution < -0.4 is 16.4 Å². The molecule has 164 valence electrons. The van der Waals surface area contributed by atoms with Crippen LogP contribution in [0, 0.1) is 0 Å². The Bertz CT molecular complexity index is 1280. The smallest absolute Gasteiger partial charge is 0.277 e. The number of anilines is 1. The molecule has 0 atom stereocenters. The van der Waals surface area contributed by atoms with Crippen molar-refractivity contribution in [1.82, 2.24) is 19.3 Å². The van der Waals surface area contributed by atoms with Gasteiger partial charge in [0.15, 0.2) is 0 Å². The standard InChI is InChI=1S/C19H21N5O4S3/c1-2-24-18(26)13-5-3-4-6-14(13)20-19(24)22-21-17(25)16-15(7-10-30-16)31(27,28)23-8-11-29-12-9-23/h3-7,10H,2,8-9,11-12H2,1H3,(H,20,22)(H,21,25). The van der Waals surface area contributed by atoms with E-state index < -0.39 is 15.9 Å². The minimum atomic E-state index is -3.75. The normalized spacial score (nSPS) is 15.1. The molecule has 0 spiro atoms. The second kappa shape index (κ2) is 8.99. The number of fused-ring (bicyclic) bond motifs is 1. The van der Waals surface area contributed by atoms with E-state index in [0.717, 1.165) is 22.8 Å². The number of hydrazine groups is 1. The summed E-state index contributed by atoms with van der Waals surface area (Å²) >= 11 is 2.75. The zero-order valence-corrected chi connectivity index (χ0v) is 19.1. The van der Waals surface area contributed by atoms with Gasteiger partial charge in [-0.25, -0.2) is 13.4 Å². The summed E-state index contributed by atoms with van der Waals surface area (Å²) < 4.78 is 28.8. The van der Waals surface area contributed by atoms with Crippen LogP contribution in [-0.2, 0) is 16.6 Å². The molecule has 1 aliphatic heterocycles. The fourth-order valence-electron chi connectivity index (χ4n) is 3.32. The lowest BCUT2D eigenvalue weighted by Crippen LogP contribution is -2.39. The molecule has 4 rings (SSSR count). The van der Waals surface area contributed by atoms with Gasteiger partial charge in [0, 0.05) is 31.1 Å². The molecule has 0 aliphatic carbocycles. The molecule has 1 aromatic carbocycles. The Morgan fingerprint density at radius 2 is 1.94 bits per heavy atom. The number of rotatable bonds is 6. The number of hydrogen-bond acceptors (Lipinski definition) is 8. The fraction of sp³-hybridized carbons (Fsp3) is 0.316. The first-order valence-corrected chi connectivity index (χ1v) is 13.1. The lowest BCUT2D eigenvalue weighted by molar-refractivity contribution is 0.0963. The Kier molecular flexibility index (Phi) is 6.32. The fourth-order valence-corrected chi connectivity index (χ4v) is 7.19. The maximum atomic E-state index is 13.0. The van der Waals surface area contributed by atoms with Gasteiger partial charge in [-0.3, -0.25) is 25.0 Å². The van der Waals surface area contributed by atoms with E-state index in [2.05, 4.69) is 15.8 Å². The predicted molar refractivity (Wildman–Crippen MR) is 123 cm³/mol. The van der Waals surface area contributed by atoms with Crippen molar-refractivity contribution in [2.45, 2.75) is 18.4 Å². The van der Waals surface area contributed by atoms with Gasteiger partial charge in [0.05, 0.1) is 10.9 Å². The second-order valence-electron chi connectivity index (χ2n) is 6.71. The van der Waals surface area contributed by atoms with Crippen molar-refractivity contribution < 1.29 is 13.2 Å². The van der Waals surface area contributed by atoms with Crippen molar-refractivity contribution in [3.8, 4) is 0 Å². The van der Waals surface area contributed by atoms with Crippen LogP contribution in [0.1, 0.15) is 16.6 Å². The first-order valence-electron chi connectivity index (χ1n) is 9.65. The van der Waals surface area contributed by atoms with E-state index in [9.17, 15) is 18.0 Å². The Labute approximate surface area is 187 Å². The summed E-state index contributed by atoms with van der Waals surface area (Å²) in [6.45, 7) is 2.99. The number of carbonyl (C=O) groups is 1. The van der Waals surface area contributed by atoms with Gasteiger partial charge in [-0.2, -0.15) is 16.1 Å². The molecule has 0 radical (unpaired) electrons. The van der Waals surface area contributed by atoms with Gasteiger partial charge in [0.2, 0.25) is 16.0 Å². The van der Waals surface area contributed by atoms with Crippen molar-refractivity contribution in [1.29, 1.82) is 0 Å². The van der Waals surface area contributed by atoms with Gasteiger partial charge >= 0.3 is 0 Å². The number of benzene rings is 1. The van der Waals surface area contributed by atoms with E-state index in [4.69, 9.17) is 0 Å². The van der Waals surface area contributed by atoms with Gasteiger partial charge in [-0.1, -0.05) is 12.1 Å². The molecule has 0 unspecified atom stereocenters. The predicted octanol–water partition coefficient (Wildman–Crippen LogP) is 1.97. The Morgan fingerprint density at radius 3 is 2.68 bits per heavy atom. The summed E-state index contributed by atoms with van der Waals surface area (Å²) in [4.78, 5) is 30.0. The average Bonchev–Trinajstić information content (AvgIpc) is 3.29. The molecule has 0 bridgehead atoms. The first kappa shape index (κ1) is 21.8. The quantitative estimate of drug-likeness (QED) is 0.520. The summed E-state index contributed by atoms with van der Waals surface area (Å²) in [5.41, 5.74) is 5.45. The second-order valence-corrected chi connectivity index (χ2v) is 10.8. The van der Waals surface area contributed by atoms with E-state index in [1.165, 1.54) is 14.9 Å². The van der Waals surface area contributed by atoms with E-state index in [-0.39, 0.29) is 21.3 Å². The van der Waals surface area contributed by atoms with Crippen LogP contribution >= 0.6 is 23.1 Å². The summed E-state index contributed by atoms with van der Waals surface area (Å²) in [5.74, 6) is 1.03. The molecule has 31 heavy (non-hydrogen) atoms. The number of sulfonamides is 1. The number of thioether (sulfide) groups is 1. The van der Waals surface area contributed by atoms with Crippen LogP contribution in [0.5, 0.6) is 0 Å². The SMILES string of the molecule is CCn1c(NNC(=O)c2sccc2S(=O)(=O)N2CCSCC2)nc2ccccc2c1=O. The van der Waals surface area contributed by atoms with E-state index in [0.29, 0.717) is 30.5 Å². The molecule has 1 aliphatic rings. The van der Waals surface area contributed by atoms with Crippen LogP contribution in [0.2, 0.25) is 0 Å². The molecule has 3 aromatic rings. The minimum Gasteiger partial charge on any atom is -0.277 e. The van der Waals surface area contributed by atoms with Gasteiger partial charge < -0.3 is 0 Å². The molecule has 1 amide bonds. The third-order valence-corrected chi connectivity index (χ3v) is 8.81. The van der Waals surface area contributed by atoms with E-state index in [1.54, 1.807) is 48.3 Å². The topological polar surface area (TPSA) is 113 Å². The van der Waals surface area contributed by atoms with E-state index >= 15 is 0 Å². The molecule has 2 N–H and O–H groups in total.